The molecule has 114 valence electrons. The van der Waals surface area contributed by atoms with Crippen molar-refractivity contribution in [1.29, 1.82) is 0 Å². The fourth-order valence-corrected chi connectivity index (χ4v) is 2.23. The van der Waals surface area contributed by atoms with Crippen LogP contribution in [0, 0.1) is 23.4 Å². The predicted molar refractivity (Wildman–Crippen MR) is 72.8 cm³/mol. The first kappa shape index (κ1) is 17.0. The third-order valence-electron chi connectivity index (χ3n) is 3.45. The van der Waals surface area contributed by atoms with Gasteiger partial charge in [0.25, 0.3) is 0 Å². The van der Waals surface area contributed by atoms with Crippen LogP contribution in [0.4, 0.5) is 13.2 Å². The Hall–Kier alpha value is -1.07. The molecule has 2 N–H and O–H groups in total. The summed E-state index contributed by atoms with van der Waals surface area (Å²) in [6.45, 7) is 4.61. The van der Waals surface area contributed by atoms with Crippen molar-refractivity contribution in [2.75, 3.05) is 13.2 Å². The lowest BCUT2D eigenvalue weighted by atomic mass is 9.99. The van der Waals surface area contributed by atoms with Gasteiger partial charge in [-0.1, -0.05) is 13.3 Å². The van der Waals surface area contributed by atoms with Gasteiger partial charge in [0.1, 0.15) is 0 Å². The number of aliphatic hydroxyl groups is 1. The SMILES string of the molecule is CCCC(CCO)CNC(C)c1cc(F)c(F)c(F)c1. The van der Waals surface area contributed by atoms with Gasteiger partial charge in [-0.05, 0) is 49.9 Å². The van der Waals surface area contributed by atoms with Crippen LogP contribution < -0.4 is 5.32 Å². The van der Waals surface area contributed by atoms with Gasteiger partial charge in [0.05, 0.1) is 0 Å². The van der Waals surface area contributed by atoms with E-state index < -0.39 is 17.5 Å². The Morgan fingerprint density at radius 1 is 1.15 bits per heavy atom. The summed E-state index contributed by atoms with van der Waals surface area (Å²) in [4.78, 5) is 0. The number of aliphatic hydroxyl groups excluding tert-OH is 1. The van der Waals surface area contributed by atoms with Gasteiger partial charge in [-0.25, -0.2) is 13.2 Å². The molecule has 0 radical (unpaired) electrons. The number of rotatable bonds is 8. The van der Waals surface area contributed by atoms with Gasteiger partial charge in [-0.15, -0.1) is 0 Å². The lowest BCUT2D eigenvalue weighted by Crippen LogP contribution is -2.26. The first-order valence-corrected chi connectivity index (χ1v) is 6.98. The van der Waals surface area contributed by atoms with Crippen LogP contribution in [0.5, 0.6) is 0 Å². The van der Waals surface area contributed by atoms with E-state index in [0.717, 1.165) is 25.0 Å². The highest BCUT2D eigenvalue weighted by atomic mass is 19.2. The molecule has 0 fully saturated rings. The molecule has 0 bridgehead atoms. The molecule has 0 aromatic heterocycles. The Balaban J connectivity index is 2.64. The Morgan fingerprint density at radius 2 is 1.75 bits per heavy atom. The first-order chi connectivity index (χ1) is 9.49. The number of nitrogens with one attached hydrogen (secondary N) is 1. The van der Waals surface area contributed by atoms with Crippen LogP contribution in [-0.2, 0) is 0 Å². The Morgan fingerprint density at radius 3 is 2.25 bits per heavy atom. The summed E-state index contributed by atoms with van der Waals surface area (Å²) in [5.41, 5.74) is 0.376. The molecule has 0 saturated heterocycles. The topological polar surface area (TPSA) is 32.3 Å². The monoisotopic (exact) mass is 289 g/mol. The van der Waals surface area contributed by atoms with Crippen molar-refractivity contribution in [2.24, 2.45) is 5.92 Å². The second-order valence-electron chi connectivity index (χ2n) is 5.10. The van der Waals surface area contributed by atoms with Crippen LogP contribution in [0.15, 0.2) is 12.1 Å². The van der Waals surface area contributed by atoms with E-state index in [1.54, 1.807) is 6.92 Å². The summed E-state index contributed by atoms with van der Waals surface area (Å²) in [7, 11) is 0. The minimum absolute atomic E-state index is 0.126. The van der Waals surface area contributed by atoms with Crippen LogP contribution in [0.1, 0.15) is 44.7 Å². The van der Waals surface area contributed by atoms with Crippen molar-refractivity contribution in [2.45, 2.75) is 39.2 Å². The molecule has 0 saturated carbocycles. The van der Waals surface area contributed by atoms with Gasteiger partial charge >= 0.3 is 0 Å². The van der Waals surface area contributed by atoms with Gasteiger partial charge in [-0.3, -0.25) is 0 Å². The normalized spacial score (nSPS) is 14.3. The van der Waals surface area contributed by atoms with E-state index in [1.807, 2.05) is 0 Å². The summed E-state index contributed by atoms with van der Waals surface area (Å²) in [5.74, 6) is -3.46. The molecule has 0 aliphatic rings. The van der Waals surface area contributed by atoms with E-state index in [1.165, 1.54) is 0 Å². The molecular formula is C15H22F3NO. The molecule has 1 aromatic rings. The van der Waals surface area contributed by atoms with E-state index in [4.69, 9.17) is 5.11 Å². The largest absolute Gasteiger partial charge is 0.396 e. The maximum absolute atomic E-state index is 13.2. The summed E-state index contributed by atoms with van der Waals surface area (Å²) in [6, 6.07) is 1.74. The highest BCUT2D eigenvalue weighted by Crippen LogP contribution is 2.20. The van der Waals surface area contributed by atoms with Crippen molar-refractivity contribution in [3.63, 3.8) is 0 Å². The third-order valence-corrected chi connectivity index (χ3v) is 3.45. The minimum atomic E-state index is -1.44. The van der Waals surface area contributed by atoms with E-state index in [2.05, 4.69) is 12.2 Å². The molecule has 0 heterocycles. The number of hydrogen-bond donors (Lipinski definition) is 2. The van der Waals surface area contributed by atoms with Crippen LogP contribution in [0.25, 0.3) is 0 Å². The maximum atomic E-state index is 13.2. The molecule has 2 nitrogen and oxygen atoms in total. The van der Waals surface area contributed by atoms with Gasteiger partial charge < -0.3 is 10.4 Å². The summed E-state index contributed by atoms with van der Waals surface area (Å²) in [5, 5.41) is 12.2. The fourth-order valence-electron chi connectivity index (χ4n) is 2.23. The zero-order chi connectivity index (χ0) is 15.1. The van der Waals surface area contributed by atoms with Crippen molar-refractivity contribution >= 4 is 0 Å². The lowest BCUT2D eigenvalue weighted by molar-refractivity contribution is 0.245. The van der Waals surface area contributed by atoms with Gasteiger partial charge in [0, 0.05) is 12.6 Å². The van der Waals surface area contributed by atoms with Crippen LogP contribution in [0.2, 0.25) is 0 Å². The quantitative estimate of drug-likeness (QED) is 0.717. The number of halogens is 3. The van der Waals surface area contributed by atoms with Crippen molar-refractivity contribution in [1.82, 2.24) is 5.32 Å². The molecule has 0 amide bonds. The summed E-state index contributed by atoms with van der Waals surface area (Å²) < 4.78 is 39.2. The molecule has 1 aromatic carbocycles. The minimum Gasteiger partial charge on any atom is -0.396 e. The molecule has 20 heavy (non-hydrogen) atoms. The number of hydrogen-bond acceptors (Lipinski definition) is 2. The average molecular weight is 289 g/mol. The molecule has 0 aliphatic carbocycles. The third kappa shape index (κ3) is 4.80. The van der Waals surface area contributed by atoms with Gasteiger partial charge in [0.2, 0.25) is 0 Å². The molecule has 2 unspecified atom stereocenters. The molecule has 0 spiro atoms. The summed E-state index contributed by atoms with van der Waals surface area (Å²) >= 11 is 0. The molecule has 2 atom stereocenters. The zero-order valence-electron chi connectivity index (χ0n) is 11.9. The molecule has 5 heteroatoms. The maximum Gasteiger partial charge on any atom is 0.194 e. The number of benzene rings is 1. The average Bonchev–Trinajstić information content (AvgIpc) is 2.41. The van der Waals surface area contributed by atoms with Crippen LogP contribution in [-0.4, -0.2) is 18.3 Å². The fraction of sp³-hybridized carbons (Fsp3) is 0.600. The smallest absolute Gasteiger partial charge is 0.194 e. The van der Waals surface area contributed by atoms with Crippen molar-refractivity contribution in [3.05, 3.63) is 35.1 Å². The second-order valence-corrected chi connectivity index (χ2v) is 5.10. The van der Waals surface area contributed by atoms with E-state index in [9.17, 15) is 13.2 Å². The second kappa shape index (κ2) is 8.27. The van der Waals surface area contributed by atoms with Crippen molar-refractivity contribution < 1.29 is 18.3 Å². The van der Waals surface area contributed by atoms with E-state index in [-0.39, 0.29) is 12.6 Å². The van der Waals surface area contributed by atoms with Gasteiger partial charge in [0.15, 0.2) is 17.5 Å². The van der Waals surface area contributed by atoms with Crippen LogP contribution in [0.3, 0.4) is 0 Å². The zero-order valence-corrected chi connectivity index (χ0v) is 11.9. The molecule has 1 rings (SSSR count). The van der Waals surface area contributed by atoms with Crippen LogP contribution >= 0.6 is 0 Å². The lowest BCUT2D eigenvalue weighted by Gasteiger charge is -2.20. The molecule has 0 aliphatic heterocycles. The predicted octanol–water partition coefficient (Wildman–Crippen LogP) is 3.55. The Bertz CT molecular complexity index is 397. The standard InChI is InChI=1S/C15H22F3NO/c1-3-4-11(5-6-20)9-19-10(2)12-7-13(16)15(18)14(17)8-12/h7-8,10-11,19-20H,3-6,9H2,1-2H3. The highest BCUT2D eigenvalue weighted by Gasteiger charge is 2.15. The first-order valence-electron chi connectivity index (χ1n) is 6.98. The molecular weight excluding hydrogens is 267 g/mol. The van der Waals surface area contributed by atoms with Crippen molar-refractivity contribution in [3.8, 4) is 0 Å². The highest BCUT2D eigenvalue weighted by molar-refractivity contribution is 5.22. The Labute approximate surface area is 118 Å². The van der Waals surface area contributed by atoms with E-state index >= 15 is 0 Å². The Kier molecular flexibility index (Phi) is 7.02. The summed E-state index contributed by atoms with van der Waals surface area (Å²) in [6.07, 6.45) is 2.69. The van der Waals surface area contributed by atoms with E-state index in [0.29, 0.717) is 24.4 Å². The van der Waals surface area contributed by atoms with Gasteiger partial charge in [-0.2, -0.15) is 0 Å².